The van der Waals surface area contributed by atoms with Crippen molar-refractivity contribution in [1.82, 2.24) is 0 Å². The standard InChI is InChI=1S/HO3P.O3Si/c2*1-4(2)3/h(H,1,2,3);/q;-2/p-1. The molecule has 0 aliphatic heterocycles. The second-order valence-corrected chi connectivity index (χ2v) is 1.42. The number of hydrogen-bond acceptors (Lipinski definition) is 6. The van der Waals surface area contributed by atoms with Gasteiger partial charge in [0.25, 0.3) is 8.25 Å². The third-order valence-corrected chi connectivity index (χ3v) is 0. The Kier molecular flexibility index (Phi) is 8.78. The van der Waals surface area contributed by atoms with Gasteiger partial charge in [-0.3, -0.25) is 0 Å². The third kappa shape index (κ3) is 919. The van der Waals surface area contributed by atoms with E-state index in [1.165, 1.54) is 0 Å². The molecular weight excluding hydrogens is 155 g/mol. The van der Waals surface area contributed by atoms with Crippen molar-refractivity contribution in [3.05, 3.63) is 0 Å². The average molecular weight is 155 g/mol. The summed E-state index contributed by atoms with van der Waals surface area (Å²) in [5, 5.41) is 0. The molecule has 0 saturated heterocycles. The first kappa shape index (κ1) is 10.6. The Labute approximate surface area is 46.9 Å². The summed E-state index contributed by atoms with van der Waals surface area (Å²) in [5.74, 6) is 0. The van der Waals surface area contributed by atoms with E-state index < -0.39 is 17.4 Å². The highest BCUT2D eigenvalue weighted by molar-refractivity contribution is 7.27. The van der Waals surface area contributed by atoms with Crippen LogP contribution >= 0.6 is 8.25 Å². The predicted octanol–water partition coefficient (Wildman–Crippen LogP) is -4.51. The van der Waals surface area contributed by atoms with Crippen molar-refractivity contribution in [2.45, 2.75) is 0 Å². The third-order valence-electron chi connectivity index (χ3n) is 0. The lowest BCUT2D eigenvalue weighted by Gasteiger charge is -1.94. The molecule has 0 spiro atoms. The molecular formula is O6PSi-3. The minimum absolute atomic E-state index is 3.37. The Bertz CT molecular complexity index is 66.5. The average Bonchev–Trinajstić information content (AvgIpc) is 1.25. The van der Waals surface area contributed by atoms with Gasteiger partial charge in [0.05, 0.1) is 0 Å². The van der Waals surface area contributed by atoms with E-state index in [4.69, 9.17) is 28.4 Å². The van der Waals surface area contributed by atoms with Crippen LogP contribution in [0.4, 0.5) is 0 Å². The molecule has 0 aromatic carbocycles. The molecule has 0 rings (SSSR count). The number of hydrogen-bond donors (Lipinski definition) is 0. The smallest absolute Gasteiger partial charge is 0.276 e. The van der Waals surface area contributed by atoms with E-state index in [9.17, 15) is 0 Å². The van der Waals surface area contributed by atoms with Crippen molar-refractivity contribution in [1.29, 1.82) is 0 Å². The zero-order valence-electron chi connectivity index (χ0n) is 3.40. The minimum atomic E-state index is -3.63. The van der Waals surface area contributed by atoms with Gasteiger partial charge in [0.1, 0.15) is 0 Å². The van der Waals surface area contributed by atoms with Gasteiger partial charge >= 0.3 is 0 Å². The zero-order valence-corrected chi connectivity index (χ0v) is 5.29. The summed E-state index contributed by atoms with van der Waals surface area (Å²) in [6.45, 7) is 0. The lowest BCUT2D eigenvalue weighted by molar-refractivity contribution is -0.354. The molecule has 0 radical (unpaired) electrons. The Balaban J connectivity index is 0. The topological polar surface area (TPSA) is 126 Å². The Morgan fingerprint density at radius 1 is 1.25 bits per heavy atom. The SMILES string of the molecule is O=[P+]([O-])[O-].O=[Si]([O-])[O-]. The molecule has 0 saturated carbocycles. The van der Waals surface area contributed by atoms with Crippen molar-refractivity contribution >= 4 is 17.4 Å². The maximum atomic E-state index is 8.52. The van der Waals surface area contributed by atoms with Gasteiger partial charge < -0.3 is 23.8 Å². The summed E-state index contributed by atoms with van der Waals surface area (Å²) in [5.41, 5.74) is 0. The monoisotopic (exact) mass is 155 g/mol. The minimum Gasteiger partial charge on any atom is -0.672 e. The fourth-order valence-electron chi connectivity index (χ4n) is 0. The summed E-state index contributed by atoms with van der Waals surface area (Å²) in [6, 6.07) is 0. The van der Waals surface area contributed by atoms with E-state index in [-0.39, 0.29) is 0 Å². The summed E-state index contributed by atoms with van der Waals surface area (Å²) in [6.07, 6.45) is 0. The molecule has 48 valence electrons. The molecule has 0 unspecified atom stereocenters. The molecule has 0 amide bonds. The van der Waals surface area contributed by atoms with Crippen LogP contribution in [0.5, 0.6) is 0 Å². The van der Waals surface area contributed by atoms with E-state index in [0.717, 1.165) is 0 Å². The van der Waals surface area contributed by atoms with Crippen LogP contribution in [-0.4, -0.2) is 9.17 Å². The summed E-state index contributed by atoms with van der Waals surface area (Å²) >= 11 is 0. The van der Waals surface area contributed by atoms with E-state index in [1.807, 2.05) is 0 Å². The van der Waals surface area contributed by atoms with Crippen LogP contribution in [-0.2, 0) is 9.03 Å². The van der Waals surface area contributed by atoms with Crippen LogP contribution in [0, 0.1) is 0 Å². The largest absolute Gasteiger partial charge is 0.672 e. The van der Waals surface area contributed by atoms with Crippen LogP contribution in [0.3, 0.4) is 0 Å². The molecule has 0 aromatic rings. The molecule has 8 heavy (non-hydrogen) atoms. The molecule has 0 aromatic heterocycles. The van der Waals surface area contributed by atoms with Crippen molar-refractivity contribution in [3.8, 4) is 0 Å². The zero-order chi connectivity index (χ0) is 7.15. The quantitative estimate of drug-likeness (QED) is 0.256. The van der Waals surface area contributed by atoms with Crippen LogP contribution in [0.25, 0.3) is 0 Å². The van der Waals surface area contributed by atoms with Crippen LogP contribution in [0.2, 0.25) is 0 Å². The van der Waals surface area contributed by atoms with Gasteiger partial charge in [-0.2, -0.15) is 0 Å². The highest BCUT2D eigenvalue weighted by Gasteiger charge is 1.53. The van der Waals surface area contributed by atoms with Gasteiger partial charge in [0.15, 0.2) is 0 Å². The lowest BCUT2D eigenvalue weighted by atomic mass is 15.8. The highest BCUT2D eigenvalue weighted by Crippen LogP contribution is 1.79. The van der Waals surface area contributed by atoms with Crippen molar-refractivity contribution in [3.63, 3.8) is 0 Å². The van der Waals surface area contributed by atoms with Gasteiger partial charge in [-0.05, 0) is 0 Å². The molecule has 0 aliphatic carbocycles. The number of rotatable bonds is 0. The second-order valence-electron chi connectivity index (χ2n) is 0.474. The van der Waals surface area contributed by atoms with Gasteiger partial charge in [0, 0.05) is 9.17 Å². The summed E-state index contributed by atoms with van der Waals surface area (Å²) < 4.78 is 17.0. The second kappa shape index (κ2) is 6.64. The Morgan fingerprint density at radius 2 is 1.25 bits per heavy atom. The predicted molar refractivity (Wildman–Crippen MR) is 14.0 cm³/mol. The first-order chi connectivity index (χ1) is 3.46. The molecule has 0 heterocycles. The van der Waals surface area contributed by atoms with Gasteiger partial charge in [-0.25, -0.2) is 0 Å². The van der Waals surface area contributed by atoms with Gasteiger partial charge in [-0.15, -0.1) is 0 Å². The molecule has 0 fully saturated rings. The van der Waals surface area contributed by atoms with E-state index in [2.05, 4.69) is 0 Å². The van der Waals surface area contributed by atoms with Gasteiger partial charge in [0.2, 0.25) is 0 Å². The highest BCUT2D eigenvalue weighted by atomic mass is 31.1. The van der Waals surface area contributed by atoms with E-state index in [1.54, 1.807) is 0 Å². The molecule has 8 heteroatoms. The Hall–Kier alpha value is -0.363. The molecule has 0 bridgehead atoms. The summed E-state index contributed by atoms with van der Waals surface area (Å²) in [7, 11) is -7.00. The molecule has 0 aliphatic rings. The lowest BCUT2D eigenvalue weighted by Crippen LogP contribution is -2.34. The van der Waals surface area contributed by atoms with E-state index >= 15 is 0 Å². The maximum Gasteiger partial charge on any atom is 0.276 e. The fourth-order valence-corrected chi connectivity index (χ4v) is 0. The van der Waals surface area contributed by atoms with E-state index in [0.29, 0.717) is 0 Å². The first-order valence-electron chi connectivity index (χ1n) is 1.16. The molecule has 6 nitrogen and oxygen atoms in total. The first-order valence-corrected chi connectivity index (χ1v) is 3.48. The van der Waals surface area contributed by atoms with Crippen molar-refractivity contribution in [2.24, 2.45) is 0 Å². The summed E-state index contributed by atoms with van der Waals surface area (Å²) in [4.78, 5) is 34.0. The van der Waals surface area contributed by atoms with Crippen molar-refractivity contribution < 1.29 is 28.4 Å². The maximum absolute atomic E-state index is 8.52. The normalized spacial score (nSPS) is 6.25. The fraction of sp³-hybridized carbons (Fsp3) is 0. The van der Waals surface area contributed by atoms with Crippen molar-refractivity contribution in [2.75, 3.05) is 0 Å². The van der Waals surface area contributed by atoms with Gasteiger partial charge in [-0.1, -0.05) is 4.57 Å². The van der Waals surface area contributed by atoms with Crippen LogP contribution in [0.15, 0.2) is 0 Å². The van der Waals surface area contributed by atoms with Crippen LogP contribution in [0.1, 0.15) is 0 Å². The molecule has 0 atom stereocenters. The molecule has 0 N–H and O–H groups in total. The van der Waals surface area contributed by atoms with Crippen LogP contribution < -0.4 is 19.4 Å². The Morgan fingerprint density at radius 3 is 1.25 bits per heavy atom.